The fourth-order valence-electron chi connectivity index (χ4n) is 3.49. The van der Waals surface area contributed by atoms with Crippen molar-refractivity contribution < 1.29 is 19.8 Å². The molecule has 0 radical (unpaired) electrons. The number of hydrogen-bond donors (Lipinski definition) is 2. The highest BCUT2D eigenvalue weighted by atomic mass is 16.3. The van der Waals surface area contributed by atoms with Gasteiger partial charge < -0.3 is 10.2 Å². The summed E-state index contributed by atoms with van der Waals surface area (Å²) in [7, 11) is 0. The summed E-state index contributed by atoms with van der Waals surface area (Å²) in [5.41, 5.74) is 1.46. The molecule has 4 nitrogen and oxygen atoms in total. The number of fused-ring (bicyclic) bond motifs is 3. The number of carbonyl (C=O) groups is 2. The summed E-state index contributed by atoms with van der Waals surface area (Å²) in [5, 5.41) is 21.0. The summed E-state index contributed by atoms with van der Waals surface area (Å²) in [6, 6.07) is 1.61. The molecule has 0 aliphatic heterocycles. The lowest BCUT2D eigenvalue weighted by atomic mass is 9.71. The first-order valence-corrected chi connectivity index (χ1v) is 7.76. The first-order chi connectivity index (χ1) is 10.7. The molecule has 0 atom stereocenters. The second kappa shape index (κ2) is 4.82. The van der Waals surface area contributed by atoms with Gasteiger partial charge in [0.25, 0.3) is 0 Å². The predicted octanol–water partition coefficient (Wildman–Crippen LogP) is 3.78. The number of rotatable bonds is 1. The van der Waals surface area contributed by atoms with Crippen LogP contribution < -0.4 is 0 Å². The second-order valence-electron chi connectivity index (χ2n) is 7.17. The van der Waals surface area contributed by atoms with E-state index in [0.29, 0.717) is 5.56 Å². The Hall–Kier alpha value is -2.36. The average molecular weight is 312 g/mol. The van der Waals surface area contributed by atoms with Crippen LogP contribution in [0.1, 0.15) is 61.2 Å². The Morgan fingerprint density at radius 1 is 1.09 bits per heavy atom. The van der Waals surface area contributed by atoms with Gasteiger partial charge in [-0.3, -0.25) is 9.59 Å². The van der Waals surface area contributed by atoms with Crippen LogP contribution in [0.2, 0.25) is 0 Å². The van der Waals surface area contributed by atoms with E-state index < -0.39 is 11.6 Å². The van der Waals surface area contributed by atoms with Gasteiger partial charge in [0, 0.05) is 11.1 Å². The van der Waals surface area contributed by atoms with E-state index in [1.165, 1.54) is 0 Å². The highest BCUT2D eigenvalue weighted by Gasteiger charge is 2.40. The van der Waals surface area contributed by atoms with Crippen LogP contribution in [-0.2, 0) is 10.2 Å². The fraction of sp³-hybridized carbons (Fsp3) is 0.368. The Morgan fingerprint density at radius 2 is 1.74 bits per heavy atom. The topological polar surface area (TPSA) is 74.6 Å². The maximum atomic E-state index is 12.7. The number of aliphatic hydroxyl groups excluding tert-OH is 1. The Morgan fingerprint density at radius 3 is 2.35 bits per heavy atom. The fourth-order valence-corrected chi connectivity index (χ4v) is 3.49. The number of ketones is 2. The number of phenols is 1. The van der Waals surface area contributed by atoms with Crippen LogP contribution in [0.5, 0.6) is 5.75 Å². The summed E-state index contributed by atoms with van der Waals surface area (Å²) in [4.78, 5) is 25.1. The zero-order valence-electron chi connectivity index (χ0n) is 13.7. The van der Waals surface area contributed by atoms with Crippen molar-refractivity contribution in [3.63, 3.8) is 0 Å². The van der Waals surface area contributed by atoms with E-state index in [0.717, 1.165) is 12.0 Å². The summed E-state index contributed by atoms with van der Waals surface area (Å²) in [5.74, 6) is -2.08. The van der Waals surface area contributed by atoms with Crippen molar-refractivity contribution in [3.8, 4) is 5.75 Å². The van der Waals surface area contributed by atoms with Crippen LogP contribution in [0.3, 0.4) is 0 Å². The molecule has 1 aromatic carbocycles. The van der Waals surface area contributed by atoms with Crippen LogP contribution >= 0.6 is 0 Å². The highest BCUT2D eigenvalue weighted by molar-refractivity contribution is 6.53. The molecular formula is C19H20O4. The second-order valence-corrected chi connectivity index (χ2v) is 7.17. The molecule has 23 heavy (non-hydrogen) atoms. The monoisotopic (exact) mass is 312 g/mol. The van der Waals surface area contributed by atoms with Gasteiger partial charge in [-0.25, -0.2) is 0 Å². The molecule has 0 fully saturated rings. The third kappa shape index (κ3) is 2.05. The van der Waals surface area contributed by atoms with Crippen LogP contribution in [0.25, 0.3) is 11.8 Å². The number of aliphatic hydroxyl groups is 1. The molecule has 0 spiro atoms. The molecule has 0 aromatic heterocycles. The molecule has 0 saturated heterocycles. The number of benzene rings is 1. The summed E-state index contributed by atoms with van der Waals surface area (Å²) >= 11 is 0. The third-order valence-electron chi connectivity index (χ3n) is 4.74. The van der Waals surface area contributed by atoms with E-state index >= 15 is 0 Å². The highest BCUT2D eigenvalue weighted by Crippen LogP contribution is 2.45. The average Bonchev–Trinajstić information content (AvgIpc) is 2.44. The summed E-state index contributed by atoms with van der Waals surface area (Å²) in [6.07, 6.45) is 4.53. The van der Waals surface area contributed by atoms with Gasteiger partial charge in [-0.15, -0.1) is 0 Å². The van der Waals surface area contributed by atoms with Gasteiger partial charge in [0.1, 0.15) is 11.5 Å². The molecule has 0 amide bonds. The van der Waals surface area contributed by atoms with Crippen molar-refractivity contribution >= 4 is 23.4 Å². The molecule has 4 heteroatoms. The molecule has 0 heterocycles. The van der Waals surface area contributed by atoms with Crippen LogP contribution in [0.4, 0.5) is 0 Å². The molecule has 3 rings (SSSR count). The van der Waals surface area contributed by atoms with Crippen molar-refractivity contribution in [2.24, 2.45) is 5.92 Å². The zero-order chi connectivity index (χ0) is 17.1. The van der Waals surface area contributed by atoms with Crippen molar-refractivity contribution in [2.75, 3.05) is 0 Å². The van der Waals surface area contributed by atoms with Crippen molar-refractivity contribution in [2.45, 2.75) is 39.5 Å². The Kier molecular flexibility index (Phi) is 3.25. The molecule has 0 bridgehead atoms. The van der Waals surface area contributed by atoms with Gasteiger partial charge >= 0.3 is 0 Å². The van der Waals surface area contributed by atoms with E-state index in [4.69, 9.17) is 0 Å². The lowest BCUT2D eigenvalue weighted by Gasteiger charge is -2.32. The molecule has 1 aromatic rings. The van der Waals surface area contributed by atoms with Gasteiger partial charge in [-0.1, -0.05) is 39.8 Å². The van der Waals surface area contributed by atoms with Crippen LogP contribution in [0, 0.1) is 5.92 Å². The molecule has 0 saturated carbocycles. The smallest absolute Gasteiger partial charge is 0.234 e. The number of hydrogen-bond acceptors (Lipinski definition) is 4. The Bertz CT molecular complexity index is 807. The largest absolute Gasteiger partial charge is 0.507 e. The van der Waals surface area contributed by atoms with E-state index in [2.05, 4.69) is 0 Å². The lowest BCUT2D eigenvalue weighted by molar-refractivity contribution is -0.112. The van der Waals surface area contributed by atoms with Gasteiger partial charge in [0.05, 0.1) is 5.56 Å². The van der Waals surface area contributed by atoms with Crippen molar-refractivity contribution in [1.82, 2.24) is 0 Å². The van der Waals surface area contributed by atoms with Crippen LogP contribution in [-0.4, -0.2) is 21.8 Å². The molecule has 2 aliphatic carbocycles. The van der Waals surface area contributed by atoms with Gasteiger partial charge in [0.15, 0.2) is 0 Å². The van der Waals surface area contributed by atoms with E-state index in [9.17, 15) is 19.8 Å². The first kappa shape index (κ1) is 15.5. The van der Waals surface area contributed by atoms with Crippen molar-refractivity contribution in [1.29, 1.82) is 0 Å². The Labute approximate surface area is 135 Å². The summed E-state index contributed by atoms with van der Waals surface area (Å²) < 4.78 is 0. The molecule has 2 N–H and O–H groups in total. The first-order valence-electron chi connectivity index (χ1n) is 7.76. The minimum atomic E-state index is -0.686. The lowest BCUT2D eigenvalue weighted by Crippen LogP contribution is -2.30. The number of allylic oxidation sites excluding steroid dienone is 2. The molecule has 2 aliphatic rings. The normalized spacial score (nSPS) is 19.2. The van der Waals surface area contributed by atoms with Gasteiger partial charge in [-0.05, 0) is 34.9 Å². The molecular weight excluding hydrogens is 292 g/mol. The third-order valence-corrected chi connectivity index (χ3v) is 4.74. The van der Waals surface area contributed by atoms with E-state index in [1.54, 1.807) is 26.0 Å². The molecule has 120 valence electrons. The SMILES string of the molecule is CC(C)C1=C(O)c2c(O)cc3c(c2C(=O)C1=O)C=CCC3(C)C. The minimum absolute atomic E-state index is 0.0665. The predicted molar refractivity (Wildman–Crippen MR) is 88.5 cm³/mol. The Balaban J connectivity index is 2.43. The standard InChI is InChI=1S/C19H20O4/c1-9(2)13-16(21)15-12(20)8-11-10(6-5-7-19(11,3)4)14(15)18(23)17(13)22/h5-6,8-9,20-21H,7H2,1-4H3. The number of carbonyl (C=O) groups excluding carboxylic acids is 2. The number of Topliss-reactive ketones (excluding diaryl/α,β-unsaturated/α-hetero) is 2. The number of aromatic hydroxyl groups is 1. The van der Waals surface area contributed by atoms with Crippen LogP contribution in [0.15, 0.2) is 17.7 Å². The number of phenolic OH excluding ortho intramolecular Hbond substituents is 1. The van der Waals surface area contributed by atoms with Gasteiger partial charge in [0.2, 0.25) is 11.6 Å². The zero-order valence-corrected chi connectivity index (χ0v) is 13.7. The van der Waals surface area contributed by atoms with Crippen molar-refractivity contribution in [3.05, 3.63) is 40.0 Å². The van der Waals surface area contributed by atoms with E-state index in [-0.39, 0.29) is 39.5 Å². The molecule has 0 unspecified atom stereocenters. The minimum Gasteiger partial charge on any atom is -0.507 e. The van der Waals surface area contributed by atoms with E-state index in [1.807, 2.05) is 19.9 Å². The van der Waals surface area contributed by atoms with Gasteiger partial charge in [-0.2, -0.15) is 0 Å². The maximum absolute atomic E-state index is 12.7. The summed E-state index contributed by atoms with van der Waals surface area (Å²) in [6.45, 7) is 7.51. The maximum Gasteiger partial charge on any atom is 0.234 e. The quantitative estimate of drug-likeness (QED) is 0.774.